The predicted molar refractivity (Wildman–Crippen MR) is 107 cm³/mol. The third kappa shape index (κ3) is 5.54. The van der Waals surface area contributed by atoms with E-state index in [4.69, 9.17) is 0 Å². The summed E-state index contributed by atoms with van der Waals surface area (Å²) in [6.45, 7) is 3.40. The van der Waals surface area contributed by atoms with E-state index in [2.05, 4.69) is 34.5 Å². The van der Waals surface area contributed by atoms with Crippen molar-refractivity contribution in [3.63, 3.8) is 0 Å². The second kappa shape index (κ2) is 9.51. The molecule has 0 atom stereocenters. The zero-order valence-electron chi connectivity index (χ0n) is 16.0. The van der Waals surface area contributed by atoms with Crippen molar-refractivity contribution in [3.05, 3.63) is 65.5 Å². The molecule has 0 aliphatic carbocycles. The van der Waals surface area contributed by atoms with Gasteiger partial charge in [-0.15, -0.1) is 0 Å². The molecule has 0 saturated carbocycles. The summed E-state index contributed by atoms with van der Waals surface area (Å²) in [5, 5.41) is 2.80. The number of halogens is 1. The van der Waals surface area contributed by atoms with Gasteiger partial charge in [0, 0.05) is 37.4 Å². The molecule has 4 nitrogen and oxygen atoms in total. The number of carbonyl (C=O) groups excluding carboxylic acids is 1. The standard InChI is InChI=1S/C22H28FN3O/c1-25(17-22(27)24-15-18-9-3-5-11-20(18)23)16-19-10-4-6-12-21(19)26-13-7-2-8-14-26/h3-6,9-12H,2,7-8,13-17H2,1H3,(H,24,27). The average molecular weight is 369 g/mol. The number of rotatable bonds is 7. The number of para-hydroxylation sites is 1. The number of likely N-dealkylation sites (N-methyl/N-ethyl adjacent to an activating group) is 1. The molecule has 1 saturated heterocycles. The third-order valence-electron chi connectivity index (χ3n) is 4.98. The van der Waals surface area contributed by atoms with Gasteiger partial charge in [-0.3, -0.25) is 9.69 Å². The number of hydrogen-bond donors (Lipinski definition) is 1. The fraction of sp³-hybridized carbons (Fsp3) is 0.409. The van der Waals surface area contributed by atoms with E-state index in [0.717, 1.165) is 13.1 Å². The number of amides is 1. The lowest BCUT2D eigenvalue weighted by atomic mass is 10.1. The predicted octanol–water partition coefficient (Wildman–Crippen LogP) is 3.56. The Labute approximate surface area is 161 Å². The number of carbonyl (C=O) groups is 1. The van der Waals surface area contributed by atoms with Gasteiger partial charge in [-0.1, -0.05) is 36.4 Å². The number of nitrogens with one attached hydrogen (secondary N) is 1. The van der Waals surface area contributed by atoms with Crippen molar-refractivity contribution in [1.29, 1.82) is 0 Å². The van der Waals surface area contributed by atoms with Gasteiger partial charge in [0.1, 0.15) is 5.82 Å². The van der Waals surface area contributed by atoms with Gasteiger partial charge in [0.25, 0.3) is 0 Å². The van der Waals surface area contributed by atoms with E-state index in [9.17, 15) is 9.18 Å². The summed E-state index contributed by atoms with van der Waals surface area (Å²) in [6.07, 6.45) is 3.78. The Morgan fingerprint density at radius 1 is 1.04 bits per heavy atom. The molecule has 2 aromatic carbocycles. The highest BCUT2D eigenvalue weighted by Crippen LogP contribution is 2.25. The molecule has 3 rings (SSSR count). The summed E-state index contributed by atoms with van der Waals surface area (Å²) in [5.41, 5.74) is 3.02. The third-order valence-corrected chi connectivity index (χ3v) is 4.98. The highest BCUT2D eigenvalue weighted by atomic mass is 19.1. The van der Waals surface area contributed by atoms with Gasteiger partial charge in [-0.25, -0.2) is 4.39 Å². The molecule has 1 heterocycles. The second-order valence-electron chi connectivity index (χ2n) is 7.22. The van der Waals surface area contributed by atoms with E-state index in [-0.39, 0.29) is 24.8 Å². The lowest BCUT2D eigenvalue weighted by Crippen LogP contribution is -2.35. The van der Waals surface area contributed by atoms with Crippen LogP contribution in [0.15, 0.2) is 48.5 Å². The van der Waals surface area contributed by atoms with Crippen LogP contribution in [0.25, 0.3) is 0 Å². The van der Waals surface area contributed by atoms with E-state index in [1.165, 1.54) is 36.6 Å². The molecule has 0 unspecified atom stereocenters. The molecular weight excluding hydrogens is 341 g/mol. The first-order valence-corrected chi connectivity index (χ1v) is 9.65. The summed E-state index contributed by atoms with van der Waals surface area (Å²) in [5.74, 6) is -0.391. The number of hydrogen-bond acceptors (Lipinski definition) is 3. The number of piperidine rings is 1. The first kappa shape index (κ1) is 19.4. The summed E-state index contributed by atoms with van der Waals surface area (Å²) in [7, 11) is 1.94. The maximum atomic E-state index is 13.6. The maximum absolute atomic E-state index is 13.6. The van der Waals surface area contributed by atoms with E-state index in [1.54, 1.807) is 18.2 Å². The molecule has 0 spiro atoms. The molecule has 1 aliphatic heterocycles. The minimum absolute atomic E-state index is 0.101. The Kier molecular flexibility index (Phi) is 6.82. The van der Waals surface area contributed by atoms with Crippen LogP contribution < -0.4 is 10.2 Å². The number of anilines is 1. The normalized spacial score (nSPS) is 14.4. The Hall–Kier alpha value is -2.40. The zero-order chi connectivity index (χ0) is 19.1. The zero-order valence-corrected chi connectivity index (χ0v) is 16.0. The molecule has 27 heavy (non-hydrogen) atoms. The van der Waals surface area contributed by atoms with E-state index >= 15 is 0 Å². The average Bonchev–Trinajstić information content (AvgIpc) is 2.68. The van der Waals surface area contributed by atoms with Gasteiger partial charge < -0.3 is 10.2 Å². The molecule has 1 aliphatic rings. The topological polar surface area (TPSA) is 35.6 Å². The molecule has 1 N–H and O–H groups in total. The van der Waals surface area contributed by atoms with E-state index < -0.39 is 0 Å². The first-order chi connectivity index (χ1) is 13.1. The van der Waals surface area contributed by atoms with Crippen molar-refractivity contribution >= 4 is 11.6 Å². The Bertz CT molecular complexity index is 759. The molecule has 1 fully saturated rings. The molecule has 1 amide bonds. The van der Waals surface area contributed by atoms with Crippen molar-refractivity contribution < 1.29 is 9.18 Å². The van der Waals surface area contributed by atoms with Crippen LogP contribution in [0, 0.1) is 5.82 Å². The molecule has 2 aromatic rings. The van der Waals surface area contributed by atoms with Crippen molar-refractivity contribution in [2.24, 2.45) is 0 Å². The summed E-state index contributed by atoms with van der Waals surface area (Å²) in [4.78, 5) is 16.7. The molecule has 0 bridgehead atoms. The van der Waals surface area contributed by atoms with Gasteiger partial charge in [0.05, 0.1) is 6.54 Å². The van der Waals surface area contributed by atoms with Crippen LogP contribution in [-0.4, -0.2) is 37.5 Å². The fourth-order valence-corrected chi connectivity index (χ4v) is 3.57. The summed E-state index contributed by atoms with van der Waals surface area (Å²) < 4.78 is 13.6. The van der Waals surface area contributed by atoms with Crippen LogP contribution in [0.5, 0.6) is 0 Å². The van der Waals surface area contributed by atoms with Gasteiger partial charge in [-0.05, 0) is 44.0 Å². The lowest BCUT2D eigenvalue weighted by Gasteiger charge is -2.31. The Balaban J connectivity index is 1.54. The highest BCUT2D eigenvalue weighted by Gasteiger charge is 2.16. The number of benzene rings is 2. The summed E-state index contributed by atoms with van der Waals surface area (Å²) in [6, 6.07) is 15.0. The van der Waals surface area contributed by atoms with Crippen LogP contribution in [-0.2, 0) is 17.9 Å². The lowest BCUT2D eigenvalue weighted by molar-refractivity contribution is -0.122. The van der Waals surface area contributed by atoms with Crippen LogP contribution in [0.2, 0.25) is 0 Å². The van der Waals surface area contributed by atoms with Crippen LogP contribution >= 0.6 is 0 Å². The second-order valence-corrected chi connectivity index (χ2v) is 7.22. The molecule has 5 heteroatoms. The van der Waals surface area contributed by atoms with Crippen LogP contribution in [0.4, 0.5) is 10.1 Å². The Morgan fingerprint density at radius 2 is 1.70 bits per heavy atom. The van der Waals surface area contributed by atoms with Crippen molar-refractivity contribution in [2.75, 3.05) is 31.6 Å². The molecule has 0 aromatic heterocycles. The minimum atomic E-state index is -0.290. The van der Waals surface area contributed by atoms with Crippen molar-refractivity contribution in [1.82, 2.24) is 10.2 Å². The molecule has 144 valence electrons. The van der Waals surface area contributed by atoms with Crippen molar-refractivity contribution in [3.8, 4) is 0 Å². The largest absolute Gasteiger partial charge is 0.371 e. The van der Waals surface area contributed by atoms with Crippen molar-refractivity contribution in [2.45, 2.75) is 32.4 Å². The van der Waals surface area contributed by atoms with Crippen LogP contribution in [0.3, 0.4) is 0 Å². The van der Waals surface area contributed by atoms with Gasteiger partial charge >= 0.3 is 0 Å². The first-order valence-electron chi connectivity index (χ1n) is 9.65. The quantitative estimate of drug-likeness (QED) is 0.811. The van der Waals surface area contributed by atoms with Gasteiger partial charge in [-0.2, -0.15) is 0 Å². The smallest absolute Gasteiger partial charge is 0.234 e. The fourth-order valence-electron chi connectivity index (χ4n) is 3.57. The van der Waals surface area contributed by atoms with Gasteiger partial charge in [0.15, 0.2) is 0 Å². The molecular formula is C22H28FN3O. The van der Waals surface area contributed by atoms with Crippen LogP contribution in [0.1, 0.15) is 30.4 Å². The summed E-state index contributed by atoms with van der Waals surface area (Å²) >= 11 is 0. The van der Waals surface area contributed by atoms with E-state index in [1.807, 2.05) is 11.9 Å². The number of nitrogens with zero attached hydrogens (tertiary/aromatic N) is 2. The SMILES string of the molecule is CN(CC(=O)NCc1ccccc1F)Cc1ccccc1N1CCCCC1. The monoisotopic (exact) mass is 369 g/mol. The molecule has 0 radical (unpaired) electrons. The van der Waals surface area contributed by atoms with Gasteiger partial charge in [0.2, 0.25) is 5.91 Å². The Morgan fingerprint density at radius 3 is 2.44 bits per heavy atom. The minimum Gasteiger partial charge on any atom is -0.371 e. The highest BCUT2D eigenvalue weighted by molar-refractivity contribution is 5.78. The maximum Gasteiger partial charge on any atom is 0.234 e. The van der Waals surface area contributed by atoms with E-state index in [0.29, 0.717) is 12.1 Å².